The standard InChI is InChI=1S/C19H28N4O3/c1-13(17(24)20-12-19(2,3)4)23-11-14-5-6-15(21-16(14)18(23)25)22-7-9-26-10-8-22/h5-6,13H,7-12H2,1-4H3,(H,20,24)/t13-/m1/s1. The topological polar surface area (TPSA) is 74.8 Å². The number of fused-ring (bicyclic) bond motifs is 1. The molecule has 1 N–H and O–H groups in total. The molecule has 3 rings (SSSR count). The van der Waals surface area contributed by atoms with Crippen molar-refractivity contribution in [3.8, 4) is 0 Å². The van der Waals surface area contributed by atoms with E-state index in [-0.39, 0.29) is 17.2 Å². The lowest BCUT2D eigenvalue weighted by molar-refractivity contribution is -0.125. The van der Waals surface area contributed by atoms with Crippen molar-refractivity contribution in [1.82, 2.24) is 15.2 Å². The lowest BCUT2D eigenvalue weighted by Crippen LogP contribution is -2.47. The molecular weight excluding hydrogens is 332 g/mol. The van der Waals surface area contributed by atoms with Crippen LogP contribution in [0.15, 0.2) is 12.1 Å². The first-order valence-electron chi connectivity index (χ1n) is 9.17. The molecule has 1 aromatic heterocycles. The minimum absolute atomic E-state index is 0.00196. The Balaban J connectivity index is 1.70. The maximum atomic E-state index is 12.8. The van der Waals surface area contributed by atoms with E-state index in [0.717, 1.165) is 24.5 Å². The normalized spacial score (nSPS) is 18.7. The number of hydrogen-bond acceptors (Lipinski definition) is 5. The predicted octanol–water partition coefficient (Wildman–Crippen LogP) is 1.42. The maximum Gasteiger partial charge on any atom is 0.273 e. The van der Waals surface area contributed by atoms with Gasteiger partial charge in [0.1, 0.15) is 17.6 Å². The molecule has 26 heavy (non-hydrogen) atoms. The highest BCUT2D eigenvalue weighted by Gasteiger charge is 2.35. The molecule has 7 heteroatoms. The first-order chi connectivity index (χ1) is 12.3. The zero-order valence-electron chi connectivity index (χ0n) is 16.0. The largest absolute Gasteiger partial charge is 0.378 e. The first-order valence-corrected chi connectivity index (χ1v) is 9.17. The van der Waals surface area contributed by atoms with Crippen LogP contribution in [0.1, 0.15) is 43.7 Å². The fraction of sp³-hybridized carbons (Fsp3) is 0.632. The van der Waals surface area contributed by atoms with E-state index in [1.165, 1.54) is 0 Å². The average molecular weight is 360 g/mol. The number of rotatable bonds is 4. The van der Waals surface area contributed by atoms with Gasteiger partial charge in [0.25, 0.3) is 5.91 Å². The maximum absolute atomic E-state index is 12.8. The van der Waals surface area contributed by atoms with Gasteiger partial charge in [-0.2, -0.15) is 0 Å². The summed E-state index contributed by atoms with van der Waals surface area (Å²) in [6, 6.07) is 3.38. The number of pyridine rings is 1. The van der Waals surface area contributed by atoms with Crippen molar-refractivity contribution in [1.29, 1.82) is 0 Å². The number of ether oxygens (including phenoxy) is 1. The Morgan fingerprint density at radius 2 is 2.00 bits per heavy atom. The molecule has 7 nitrogen and oxygen atoms in total. The molecule has 0 spiro atoms. The summed E-state index contributed by atoms with van der Waals surface area (Å²) < 4.78 is 5.37. The molecule has 0 saturated carbocycles. The Labute approximate surface area is 154 Å². The molecule has 2 aliphatic heterocycles. The van der Waals surface area contributed by atoms with Crippen molar-refractivity contribution in [2.75, 3.05) is 37.7 Å². The van der Waals surface area contributed by atoms with Crippen molar-refractivity contribution < 1.29 is 14.3 Å². The fourth-order valence-electron chi connectivity index (χ4n) is 3.10. The highest BCUT2D eigenvalue weighted by atomic mass is 16.5. The van der Waals surface area contributed by atoms with E-state index >= 15 is 0 Å². The number of carbonyl (C=O) groups is 2. The van der Waals surface area contributed by atoms with E-state index in [2.05, 4.69) is 36.0 Å². The molecule has 1 fully saturated rings. The SMILES string of the molecule is C[C@H](C(=O)NCC(C)(C)C)N1Cc2ccc(N3CCOCC3)nc2C1=O. The summed E-state index contributed by atoms with van der Waals surface area (Å²) >= 11 is 0. The molecule has 142 valence electrons. The van der Waals surface area contributed by atoms with E-state index in [1.807, 2.05) is 12.1 Å². The van der Waals surface area contributed by atoms with Gasteiger partial charge in [-0.15, -0.1) is 0 Å². The van der Waals surface area contributed by atoms with Gasteiger partial charge >= 0.3 is 0 Å². The molecule has 0 aliphatic carbocycles. The molecule has 2 aliphatic rings. The third kappa shape index (κ3) is 3.98. The molecule has 1 aromatic rings. The van der Waals surface area contributed by atoms with Crippen molar-refractivity contribution in [3.63, 3.8) is 0 Å². The zero-order valence-corrected chi connectivity index (χ0v) is 16.0. The second kappa shape index (κ2) is 7.23. The Bertz CT molecular complexity index is 693. The van der Waals surface area contributed by atoms with Crippen molar-refractivity contribution in [2.45, 2.75) is 40.3 Å². The summed E-state index contributed by atoms with van der Waals surface area (Å²) in [6.07, 6.45) is 0. The minimum Gasteiger partial charge on any atom is -0.378 e. The van der Waals surface area contributed by atoms with Crippen molar-refractivity contribution in [3.05, 3.63) is 23.4 Å². The van der Waals surface area contributed by atoms with E-state index in [9.17, 15) is 9.59 Å². The van der Waals surface area contributed by atoms with Gasteiger partial charge in [0.15, 0.2) is 0 Å². The number of aromatic nitrogens is 1. The lowest BCUT2D eigenvalue weighted by Gasteiger charge is -2.28. The van der Waals surface area contributed by atoms with Crippen LogP contribution in [-0.2, 0) is 16.1 Å². The molecule has 1 atom stereocenters. The average Bonchev–Trinajstić information content (AvgIpc) is 2.95. The van der Waals surface area contributed by atoms with Gasteiger partial charge < -0.3 is 19.9 Å². The zero-order chi connectivity index (χ0) is 18.9. The molecule has 0 radical (unpaired) electrons. The Hall–Kier alpha value is -2.15. The summed E-state index contributed by atoms with van der Waals surface area (Å²) in [5.41, 5.74) is 1.34. The highest BCUT2D eigenvalue weighted by molar-refractivity contribution is 5.99. The highest BCUT2D eigenvalue weighted by Crippen LogP contribution is 2.26. The van der Waals surface area contributed by atoms with Gasteiger partial charge in [-0.25, -0.2) is 4.98 Å². The second-order valence-electron chi connectivity index (χ2n) is 8.16. The Morgan fingerprint density at radius 1 is 1.31 bits per heavy atom. The van der Waals surface area contributed by atoms with Crippen molar-refractivity contribution in [2.24, 2.45) is 5.41 Å². The lowest BCUT2D eigenvalue weighted by atomic mass is 9.97. The Morgan fingerprint density at radius 3 is 2.65 bits per heavy atom. The summed E-state index contributed by atoms with van der Waals surface area (Å²) in [5.74, 6) is 0.495. The van der Waals surface area contributed by atoms with E-state index in [0.29, 0.717) is 32.0 Å². The van der Waals surface area contributed by atoms with Gasteiger partial charge in [-0.05, 0) is 18.4 Å². The molecule has 0 unspecified atom stereocenters. The van der Waals surface area contributed by atoms with Gasteiger partial charge in [0.2, 0.25) is 5.91 Å². The van der Waals surface area contributed by atoms with Gasteiger partial charge in [0.05, 0.1) is 13.2 Å². The summed E-state index contributed by atoms with van der Waals surface area (Å²) in [4.78, 5) is 33.6. The molecule has 1 saturated heterocycles. The van der Waals surface area contributed by atoms with Crippen LogP contribution < -0.4 is 10.2 Å². The van der Waals surface area contributed by atoms with Gasteiger partial charge in [-0.3, -0.25) is 9.59 Å². The van der Waals surface area contributed by atoms with E-state index < -0.39 is 6.04 Å². The quantitative estimate of drug-likeness (QED) is 0.879. The molecule has 3 heterocycles. The number of anilines is 1. The summed E-state index contributed by atoms with van der Waals surface area (Å²) in [7, 11) is 0. The molecule has 2 amide bonds. The summed E-state index contributed by atoms with van der Waals surface area (Å²) in [6.45, 7) is 11.8. The molecule has 0 aromatic carbocycles. The van der Waals surface area contributed by atoms with Crippen LogP contribution in [0.3, 0.4) is 0 Å². The third-order valence-corrected chi connectivity index (χ3v) is 4.74. The monoisotopic (exact) mass is 360 g/mol. The fourth-order valence-corrected chi connectivity index (χ4v) is 3.10. The number of hydrogen-bond donors (Lipinski definition) is 1. The summed E-state index contributed by atoms with van der Waals surface area (Å²) in [5, 5.41) is 2.93. The van der Waals surface area contributed by atoms with Gasteiger partial charge in [-0.1, -0.05) is 26.8 Å². The number of nitrogens with one attached hydrogen (secondary N) is 1. The number of nitrogens with zero attached hydrogens (tertiary/aromatic N) is 3. The minimum atomic E-state index is -0.522. The van der Waals surface area contributed by atoms with Gasteiger partial charge in [0, 0.05) is 31.7 Å². The van der Waals surface area contributed by atoms with Crippen LogP contribution in [-0.4, -0.2) is 60.6 Å². The van der Waals surface area contributed by atoms with Crippen LogP contribution >= 0.6 is 0 Å². The molecular formula is C19H28N4O3. The Kier molecular flexibility index (Phi) is 5.18. The third-order valence-electron chi connectivity index (χ3n) is 4.74. The molecule has 0 bridgehead atoms. The van der Waals surface area contributed by atoms with Crippen molar-refractivity contribution >= 4 is 17.6 Å². The van der Waals surface area contributed by atoms with Crippen LogP contribution in [0.25, 0.3) is 0 Å². The first kappa shape index (κ1) is 18.6. The van der Waals surface area contributed by atoms with Crippen LogP contribution in [0.5, 0.6) is 0 Å². The number of carbonyl (C=O) groups excluding carboxylic acids is 2. The number of amides is 2. The van der Waals surface area contributed by atoms with Crippen LogP contribution in [0.4, 0.5) is 5.82 Å². The van der Waals surface area contributed by atoms with E-state index in [4.69, 9.17) is 4.74 Å². The predicted molar refractivity (Wildman–Crippen MR) is 99.1 cm³/mol. The second-order valence-corrected chi connectivity index (χ2v) is 8.16. The number of morpholine rings is 1. The van der Waals surface area contributed by atoms with Crippen LogP contribution in [0.2, 0.25) is 0 Å². The van der Waals surface area contributed by atoms with Crippen LogP contribution in [0, 0.1) is 5.41 Å². The van der Waals surface area contributed by atoms with E-state index in [1.54, 1.807) is 11.8 Å². The smallest absolute Gasteiger partial charge is 0.273 e.